The first kappa shape index (κ1) is 20.4. The van der Waals surface area contributed by atoms with Crippen LogP contribution in [0.25, 0.3) is 0 Å². The number of nitrogens with one attached hydrogen (secondary N) is 1. The zero-order chi connectivity index (χ0) is 19.2. The summed E-state index contributed by atoms with van der Waals surface area (Å²) in [6.07, 6.45) is -4.74. The first-order valence-electron chi connectivity index (χ1n) is 7.83. The third-order valence-corrected chi connectivity index (χ3v) is 3.95. The molecule has 0 radical (unpaired) electrons. The molecule has 26 heavy (non-hydrogen) atoms. The van der Waals surface area contributed by atoms with Crippen molar-refractivity contribution in [3.63, 3.8) is 0 Å². The third kappa shape index (κ3) is 6.76. The van der Waals surface area contributed by atoms with E-state index in [1.807, 2.05) is 31.2 Å². The van der Waals surface area contributed by atoms with E-state index in [9.17, 15) is 13.2 Å². The molecule has 0 heterocycles. The van der Waals surface area contributed by atoms with E-state index in [0.717, 1.165) is 11.3 Å². The summed E-state index contributed by atoms with van der Waals surface area (Å²) in [5, 5.41) is 3.28. The third-order valence-electron chi connectivity index (χ3n) is 3.49. The second-order valence-electron chi connectivity index (χ2n) is 5.47. The maximum Gasteiger partial charge on any atom is 0.573 e. The quantitative estimate of drug-likeness (QED) is 0.588. The molecule has 1 unspecified atom stereocenters. The molecule has 4 nitrogen and oxygen atoms in total. The number of hydrogen-bond donors (Lipinski definition) is 1. The number of halogens is 4. The van der Waals surface area contributed by atoms with E-state index >= 15 is 0 Å². The van der Waals surface area contributed by atoms with E-state index in [1.54, 1.807) is 13.2 Å². The monoisotopic (exact) mass is 433 g/mol. The van der Waals surface area contributed by atoms with Crippen molar-refractivity contribution in [3.05, 3.63) is 52.5 Å². The van der Waals surface area contributed by atoms with Crippen LogP contribution in [-0.4, -0.2) is 26.6 Å². The van der Waals surface area contributed by atoms with Gasteiger partial charge >= 0.3 is 6.36 Å². The first-order valence-corrected chi connectivity index (χ1v) is 8.62. The number of methoxy groups -OCH3 is 1. The molecule has 0 amide bonds. The second-order valence-corrected chi connectivity index (χ2v) is 6.39. The average molecular weight is 434 g/mol. The topological polar surface area (TPSA) is 39.7 Å². The van der Waals surface area contributed by atoms with Crippen LogP contribution >= 0.6 is 15.9 Å². The highest BCUT2D eigenvalue weighted by Crippen LogP contribution is 2.30. The molecular weight excluding hydrogens is 415 g/mol. The molecule has 0 aromatic heterocycles. The van der Waals surface area contributed by atoms with Crippen LogP contribution in [0.2, 0.25) is 0 Å². The zero-order valence-electron chi connectivity index (χ0n) is 14.3. The molecule has 0 saturated heterocycles. The fourth-order valence-corrected chi connectivity index (χ4v) is 2.74. The van der Waals surface area contributed by atoms with Crippen LogP contribution in [0.1, 0.15) is 18.5 Å². The van der Waals surface area contributed by atoms with Gasteiger partial charge in [-0.1, -0.05) is 28.1 Å². The van der Waals surface area contributed by atoms with Crippen molar-refractivity contribution in [1.82, 2.24) is 5.32 Å². The van der Waals surface area contributed by atoms with Gasteiger partial charge in [0.1, 0.15) is 23.9 Å². The Hall–Kier alpha value is -1.93. The van der Waals surface area contributed by atoms with Gasteiger partial charge in [-0.15, -0.1) is 13.2 Å². The molecule has 8 heteroatoms. The fourth-order valence-electron chi connectivity index (χ4n) is 2.29. The molecule has 0 aliphatic heterocycles. The van der Waals surface area contributed by atoms with Gasteiger partial charge in [-0.05, 0) is 36.8 Å². The van der Waals surface area contributed by atoms with E-state index in [2.05, 4.69) is 26.0 Å². The van der Waals surface area contributed by atoms with E-state index in [-0.39, 0.29) is 24.1 Å². The number of ether oxygens (including phenoxy) is 3. The summed E-state index contributed by atoms with van der Waals surface area (Å²) in [6.45, 7) is 2.81. The van der Waals surface area contributed by atoms with Crippen LogP contribution in [0.15, 0.2) is 46.9 Å². The highest BCUT2D eigenvalue weighted by molar-refractivity contribution is 9.10. The standard InChI is InChI=1S/C18H19BrF3NO3/c1-12(13-4-3-5-15(8-13)24-2)23-6-7-25-16-9-14(19)10-17(11-16)26-18(20,21)22/h3-5,8-12,23H,6-7H2,1-2H3. The molecule has 142 valence electrons. The summed E-state index contributed by atoms with van der Waals surface area (Å²) >= 11 is 3.14. The van der Waals surface area contributed by atoms with E-state index in [0.29, 0.717) is 11.0 Å². The lowest BCUT2D eigenvalue weighted by atomic mass is 10.1. The lowest BCUT2D eigenvalue weighted by molar-refractivity contribution is -0.274. The molecule has 0 spiro atoms. The van der Waals surface area contributed by atoms with Crippen molar-refractivity contribution >= 4 is 15.9 Å². The molecule has 0 aliphatic rings. The van der Waals surface area contributed by atoms with Crippen molar-refractivity contribution in [2.45, 2.75) is 19.3 Å². The van der Waals surface area contributed by atoms with Gasteiger partial charge in [0, 0.05) is 23.1 Å². The van der Waals surface area contributed by atoms with Crippen LogP contribution < -0.4 is 19.5 Å². The molecule has 2 rings (SSSR count). The van der Waals surface area contributed by atoms with Crippen LogP contribution in [0.4, 0.5) is 13.2 Å². The van der Waals surface area contributed by atoms with Crippen molar-refractivity contribution in [2.24, 2.45) is 0 Å². The molecule has 1 atom stereocenters. The second kappa shape index (κ2) is 9.14. The minimum Gasteiger partial charge on any atom is -0.497 e. The number of rotatable bonds is 8. The van der Waals surface area contributed by atoms with Gasteiger partial charge in [-0.2, -0.15) is 0 Å². The predicted molar refractivity (Wildman–Crippen MR) is 95.7 cm³/mol. The average Bonchev–Trinajstić information content (AvgIpc) is 2.56. The Morgan fingerprint density at radius 3 is 2.50 bits per heavy atom. The van der Waals surface area contributed by atoms with Gasteiger partial charge in [-0.3, -0.25) is 0 Å². The van der Waals surface area contributed by atoms with Crippen molar-refractivity contribution in [2.75, 3.05) is 20.3 Å². The smallest absolute Gasteiger partial charge is 0.497 e. The molecule has 1 N–H and O–H groups in total. The minimum atomic E-state index is -4.74. The van der Waals surface area contributed by atoms with Gasteiger partial charge in [0.15, 0.2) is 0 Å². The first-order chi connectivity index (χ1) is 12.3. The summed E-state index contributed by atoms with van der Waals surface area (Å²) in [5.74, 6) is 0.729. The fraction of sp³-hybridized carbons (Fsp3) is 0.333. The van der Waals surface area contributed by atoms with Crippen LogP contribution in [0, 0.1) is 0 Å². The maximum absolute atomic E-state index is 12.3. The van der Waals surface area contributed by atoms with Crippen LogP contribution in [0.3, 0.4) is 0 Å². The molecular formula is C18H19BrF3NO3. The molecule has 0 fully saturated rings. The Balaban J connectivity index is 1.85. The summed E-state index contributed by atoms with van der Waals surface area (Å²) in [5.41, 5.74) is 1.06. The molecule has 2 aromatic carbocycles. The Morgan fingerprint density at radius 1 is 1.08 bits per heavy atom. The van der Waals surface area contributed by atoms with Gasteiger partial charge in [0.2, 0.25) is 0 Å². The van der Waals surface area contributed by atoms with Crippen molar-refractivity contribution < 1.29 is 27.4 Å². The van der Waals surface area contributed by atoms with Gasteiger partial charge in [0.25, 0.3) is 0 Å². The number of hydrogen-bond acceptors (Lipinski definition) is 4. The Labute approximate surface area is 158 Å². The molecule has 0 aliphatic carbocycles. The number of alkyl halides is 3. The summed E-state index contributed by atoms with van der Waals surface area (Å²) < 4.78 is 52.0. The highest BCUT2D eigenvalue weighted by atomic mass is 79.9. The Kier molecular flexibility index (Phi) is 7.16. The lowest BCUT2D eigenvalue weighted by Gasteiger charge is -2.16. The molecule has 2 aromatic rings. The molecule has 0 saturated carbocycles. The maximum atomic E-state index is 12.3. The summed E-state index contributed by atoms with van der Waals surface area (Å²) in [6, 6.07) is 11.8. The predicted octanol–water partition coefficient (Wildman–Crippen LogP) is 5.09. The van der Waals surface area contributed by atoms with Crippen molar-refractivity contribution in [1.29, 1.82) is 0 Å². The normalized spacial score (nSPS) is 12.5. The van der Waals surface area contributed by atoms with Crippen molar-refractivity contribution in [3.8, 4) is 17.2 Å². The lowest BCUT2D eigenvalue weighted by Crippen LogP contribution is -2.24. The Bertz CT molecular complexity index is 725. The highest BCUT2D eigenvalue weighted by Gasteiger charge is 2.31. The zero-order valence-corrected chi connectivity index (χ0v) is 15.9. The summed E-state index contributed by atoms with van der Waals surface area (Å²) in [7, 11) is 1.61. The minimum absolute atomic E-state index is 0.0698. The molecule has 0 bridgehead atoms. The van der Waals surface area contributed by atoms with Crippen LogP contribution in [-0.2, 0) is 0 Å². The largest absolute Gasteiger partial charge is 0.573 e. The summed E-state index contributed by atoms with van der Waals surface area (Å²) in [4.78, 5) is 0. The van der Waals surface area contributed by atoms with Crippen LogP contribution in [0.5, 0.6) is 17.2 Å². The van der Waals surface area contributed by atoms with Gasteiger partial charge < -0.3 is 19.5 Å². The van der Waals surface area contributed by atoms with Gasteiger partial charge in [-0.25, -0.2) is 0 Å². The van der Waals surface area contributed by atoms with E-state index in [4.69, 9.17) is 9.47 Å². The number of benzene rings is 2. The van der Waals surface area contributed by atoms with E-state index in [1.165, 1.54) is 12.1 Å². The van der Waals surface area contributed by atoms with Gasteiger partial charge in [0.05, 0.1) is 7.11 Å². The van der Waals surface area contributed by atoms with E-state index < -0.39 is 6.36 Å². The Morgan fingerprint density at radius 2 is 1.81 bits per heavy atom. The SMILES string of the molecule is COc1cccc(C(C)NCCOc2cc(Br)cc(OC(F)(F)F)c2)c1.